The van der Waals surface area contributed by atoms with Gasteiger partial charge < -0.3 is 14.6 Å². The number of hydrogen-bond acceptors (Lipinski definition) is 5. The Hall–Kier alpha value is -2.24. The number of benzene rings is 2. The molecule has 2 aromatic rings. The molecule has 0 fully saturated rings. The third-order valence-corrected chi connectivity index (χ3v) is 3.90. The van der Waals surface area contributed by atoms with Crippen LogP contribution in [0.2, 0.25) is 0 Å². The Bertz CT molecular complexity index is 900. The fourth-order valence-electron chi connectivity index (χ4n) is 2.45. The van der Waals surface area contributed by atoms with Crippen molar-refractivity contribution < 1.29 is 56.9 Å². The van der Waals surface area contributed by atoms with E-state index in [9.17, 15) is 14.7 Å². The van der Waals surface area contributed by atoms with Gasteiger partial charge in [0.05, 0.1) is 5.76 Å². The molecule has 1 aliphatic rings. The van der Waals surface area contributed by atoms with Crippen molar-refractivity contribution in [1.82, 2.24) is 0 Å². The number of aliphatic hydroxyl groups is 1. The Balaban J connectivity index is 0.00000261. The summed E-state index contributed by atoms with van der Waals surface area (Å²) in [5.41, 5.74) is 1.59. The molecule has 0 atom stereocenters. The molecular weight excluding hydrogens is 421 g/mol. The minimum atomic E-state index is -0.467. The van der Waals surface area contributed by atoms with Crippen LogP contribution in [0.4, 0.5) is 0 Å². The summed E-state index contributed by atoms with van der Waals surface area (Å²) in [6.07, 6.45) is 3.91. The van der Waals surface area contributed by atoms with Crippen molar-refractivity contribution in [2.45, 2.75) is 19.8 Å². The van der Waals surface area contributed by atoms with Gasteiger partial charge in [-0.3, -0.25) is 0 Å². The molecule has 0 unspecified atom stereocenters. The van der Waals surface area contributed by atoms with E-state index < -0.39 is 11.9 Å². The number of hydrogen-bond donors (Lipinski definition) is 1. The second-order valence-corrected chi connectivity index (χ2v) is 5.84. The minimum Gasteiger partial charge on any atom is -0.512 e. The standard InChI is InChI=1S/C21H17O5.Y/c1-14-13-18(25-20(23)16-7-9-17(22)10-8-16)11-12-19(14)26-21(24)15-5-3-2-4-6-15;/h3-7,9,11-13,22H,8,10H2,1H3;/q-1;. The first-order valence-electron chi connectivity index (χ1n) is 8.13. The second kappa shape index (κ2) is 9.63. The van der Waals surface area contributed by atoms with E-state index in [0.717, 1.165) is 0 Å². The van der Waals surface area contributed by atoms with Crippen LogP contribution in [0.1, 0.15) is 28.8 Å². The molecule has 0 saturated carbocycles. The Morgan fingerprint density at radius 1 is 1.00 bits per heavy atom. The van der Waals surface area contributed by atoms with Gasteiger partial charge in [-0.25, -0.2) is 9.59 Å². The number of aryl methyl sites for hydroxylation is 1. The first kappa shape index (κ1) is 21.1. The van der Waals surface area contributed by atoms with Gasteiger partial charge in [0.2, 0.25) is 0 Å². The molecule has 6 heteroatoms. The third kappa shape index (κ3) is 5.62. The molecule has 3 rings (SSSR count). The molecule has 0 amide bonds. The van der Waals surface area contributed by atoms with E-state index in [-0.39, 0.29) is 38.5 Å². The summed E-state index contributed by atoms with van der Waals surface area (Å²) in [6.45, 7) is 1.76. The summed E-state index contributed by atoms with van der Waals surface area (Å²) in [7, 11) is 0. The summed E-state index contributed by atoms with van der Waals surface area (Å²) >= 11 is 0. The molecular formula is C21H17O5Y-. The van der Waals surface area contributed by atoms with Crippen LogP contribution in [-0.2, 0) is 37.5 Å². The van der Waals surface area contributed by atoms with Crippen LogP contribution >= 0.6 is 0 Å². The smallest absolute Gasteiger partial charge is 0.339 e. The van der Waals surface area contributed by atoms with E-state index in [4.69, 9.17) is 9.47 Å². The second-order valence-electron chi connectivity index (χ2n) is 5.84. The average molecular weight is 438 g/mol. The molecule has 0 heterocycles. The topological polar surface area (TPSA) is 72.8 Å². The molecule has 0 aliphatic heterocycles. The largest absolute Gasteiger partial charge is 0.512 e. The number of rotatable bonds is 4. The van der Waals surface area contributed by atoms with Crippen LogP contribution < -0.4 is 9.47 Å². The van der Waals surface area contributed by atoms with Gasteiger partial charge in [0.25, 0.3) is 0 Å². The van der Waals surface area contributed by atoms with Gasteiger partial charge in [0.15, 0.2) is 0 Å². The normalized spacial score (nSPS) is 12.9. The van der Waals surface area contributed by atoms with Crippen molar-refractivity contribution in [3.8, 4) is 11.5 Å². The minimum absolute atomic E-state index is 0. The van der Waals surface area contributed by atoms with Crippen LogP contribution in [0.15, 0.2) is 65.9 Å². The maximum atomic E-state index is 12.1. The Kier molecular flexibility index (Phi) is 7.51. The summed E-state index contributed by atoms with van der Waals surface area (Å²) < 4.78 is 10.7. The molecule has 1 aliphatic carbocycles. The molecule has 135 valence electrons. The predicted octanol–water partition coefficient (Wildman–Crippen LogP) is 4.08. The number of carbonyl (C=O) groups excluding carboxylic acids is 2. The summed E-state index contributed by atoms with van der Waals surface area (Å²) in [5, 5.41) is 9.34. The molecule has 2 aromatic carbocycles. The molecule has 5 nitrogen and oxygen atoms in total. The van der Waals surface area contributed by atoms with Gasteiger partial charge in [-0.1, -0.05) is 0 Å². The summed E-state index contributed by atoms with van der Waals surface area (Å²) in [5.74, 6) is 0.0813. The van der Waals surface area contributed by atoms with Crippen molar-refractivity contribution in [3.63, 3.8) is 0 Å². The van der Waals surface area contributed by atoms with Gasteiger partial charge in [0.1, 0.15) is 11.5 Å². The van der Waals surface area contributed by atoms with E-state index in [0.29, 0.717) is 41.0 Å². The van der Waals surface area contributed by atoms with Gasteiger partial charge >= 0.3 is 11.9 Å². The molecule has 0 bridgehead atoms. The van der Waals surface area contributed by atoms with Gasteiger partial charge in [-0.05, 0) is 54.8 Å². The maximum absolute atomic E-state index is 12.1. The fourth-order valence-corrected chi connectivity index (χ4v) is 2.45. The summed E-state index contributed by atoms with van der Waals surface area (Å²) in [6, 6.07) is 14.2. The van der Waals surface area contributed by atoms with Gasteiger partial charge in [-0.2, -0.15) is 30.3 Å². The van der Waals surface area contributed by atoms with Crippen molar-refractivity contribution in [3.05, 3.63) is 83.1 Å². The summed E-state index contributed by atoms with van der Waals surface area (Å²) in [4.78, 5) is 24.3. The average Bonchev–Trinajstić information content (AvgIpc) is 2.65. The molecule has 27 heavy (non-hydrogen) atoms. The number of esters is 2. The van der Waals surface area contributed by atoms with Crippen LogP contribution in [-0.4, -0.2) is 17.0 Å². The Morgan fingerprint density at radius 3 is 2.37 bits per heavy atom. The van der Waals surface area contributed by atoms with Crippen LogP contribution in [0.3, 0.4) is 0 Å². The van der Waals surface area contributed by atoms with Crippen molar-refractivity contribution >= 4 is 11.9 Å². The number of allylic oxidation sites excluding steroid dienone is 3. The predicted molar refractivity (Wildman–Crippen MR) is 95.1 cm³/mol. The Labute approximate surface area is 182 Å². The van der Waals surface area contributed by atoms with Gasteiger partial charge in [0, 0.05) is 44.7 Å². The molecule has 1 N–H and O–H groups in total. The monoisotopic (exact) mass is 438 g/mol. The molecule has 0 aromatic heterocycles. The zero-order chi connectivity index (χ0) is 18.5. The van der Waals surface area contributed by atoms with E-state index in [2.05, 4.69) is 6.07 Å². The van der Waals surface area contributed by atoms with E-state index >= 15 is 0 Å². The number of ether oxygens (including phenoxy) is 2. The molecule has 1 radical (unpaired) electrons. The van der Waals surface area contributed by atoms with Crippen molar-refractivity contribution in [2.24, 2.45) is 0 Å². The molecule has 0 spiro atoms. The van der Waals surface area contributed by atoms with E-state index in [1.807, 2.05) is 0 Å². The van der Waals surface area contributed by atoms with Crippen LogP contribution in [0.5, 0.6) is 11.5 Å². The van der Waals surface area contributed by atoms with Crippen molar-refractivity contribution in [1.29, 1.82) is 0 Å². The number of aliphatic hydroxyl groups excluding tert-OH is 1. The third-order valence-electron chi connectivity index (χ3n) is 3.90. The van der Waals surface area contributed by atoms with Crippen molar-refractivity contribution in [2.75, 3.05) is 0 Å². The van der Waals surface area contributed by atoms with Crippen LogP contribution in [0, 0.1) is 13.0 Å². The van der Waals surface area contributed by atoms with E-state index in [1.165, 1.54) is 6.08 Å². The van der Waals surface area contributed by atoms with Crippen LogP contribution in [0.25, 0.3) is 0 Å². The fraction of sp³-hybridized carbons (Fsp3) is 0.143. The van der Waals surface area contributed by atoms with E-state index in [1.54, 1.807) is 55.5 Å². The molecule has 0 saturated heterocycles. The maximum Gasteiger partial charge on any atom is 0.339 e. The van der Waals surface area contributed by atoms with Gasteiger partial charge in [-0.15, -0.1) is 0 Å². The SMILES string of the molecule is Cc1cc(OC(=O)C2=CC=C(O)CC2)ccc1OC(=O)c1cc[c-]cc1.[Y]. The zero-order valence-corrected chi connectivity index (χ0v) is 17.6. The Morgan fingerprint density at radius 2 is 1.74 bits per heavy atom. The first-order valence-corrected chi connectivity index (χ1v) is 8.13. The zero-order valence-electron chi connectivity index (χ0n) is 14.8. The first-order chi connectivity index (χ1) is 12.5. The number of carbonyl (C=O) groups is 2. The quantitative estimate of drug-likeness (QED) is 0.443.